The number of hydrogen-bond acceptors (Lipinski definition) is 5. The predicted octanol–water partition coefficient (Wildman–Crippen LogP) is 2.78. The number of fused-ring (bicyclic) bond motifs is 1. The summed E-state index contributed by atoms with van der Waals surface area (Å²) < 4.78 is 7.17. The van der Waals surface area contributed by atoms with Crippen LogP contribution in [-0.4, -0.2) is 81.6 Å². The molecule has 2 unspecified atom stereocenters. The Morgan fingerprint density at radius 2 is 2.06 bits per heavy atom. The van der Waals surface area contributed by atoms with Crippen LogP contribution in [-0.2, 0) is 11.8 Å². The molecule has 2 aromatic rings. The van der Waals surface area contributed by atoms with Crippen molar-refractivity contribution in [1.29, 1.82) is 0 Å². The van der Waals surface area contributed by atoms with Gasteiger partial charge in [0.05, 0.1) is 18.0 Å². The van der Waals surface area contributed by atoms with E-state index in [9.17, 15) is 4.79 Å². The summed E-state index contributed by atoms with van der Waals surface area (Å²) in [7, 11) is 3.62. The topological polar surface area (TPSA) is 79.3 Å². The number of hydrogen-bond donors (Lipinski definition) is 1. The first kappa shape index (κ1) is 22.0. The summed E-state index contributed by atoms with van der Waals surface area (Å²) in [6.45, 7) is 8.33. The first-order valence-electron chi connectivity index (χ1n) is 11.6. The van der Waals surface area contributed by atoms with E-state index < -0.39 is 0 Å². The molecule has 1 amide bonds. The fraction of sp³-hybridized carbons (Fsp3) is 0.696. The molecule has 4 rings (SSSR count). The molecule has 170 valence electrons. The highest BCUT2D eigenvalue weighted by molar-refractivity contribution is 5.93. The third-order valence-corrected chi connectivity index (χ3v) is 7.11. The number of amides is 1. The van der Waals surface area contributed by atoms with Gasteiger partial charge in [-0.05, 0) is 64.6 Å². The number of aromatic amines is 1. The molecule has 31 heavy (non-hydrogen) atoms. The summed E-state index contributed by atoms with van der Waals surface area (Å²) in [4.78, 5) is 18.1. The quantitative estimate of drug-likeness (QED) is 0.734. The molecule has 0 radical (unpaired) electrons. The number of piperidine rings is 2. The first-order chi connectivity index (χ1) is 15.0. The van der Waals surface area contributed by atoms with Crippen molar-refractivity contribution in [3.8, 4) is 11.3 Å². The number of carbonyl (C=O) groups excluding carboxylic acids is 1. The SMILES string of the molecule is COCCN(CC1CCCN2CCCCC12)C(=O)c1cc(-c2c(C)nn(C)c2C)n[nH]1. The molecule has 2 aliphatic rings. The van der Waals surface area contributed by atoms with Crippen LogP contribution in [0.25, 0.3) is 11.3 Å². The van der Waals surface area contributed by atoms with Crippen molar-refractivity contribution < 1.29 is 9.53 Å². The van der Waals surface area contributed by atoms with Gasteiger partial charge >= 0.3 is 0 Å². The Kier molecular flexibility index (Phi) is 6.77. The van der Waals surface area contributed by atoms with Gasteiger partial charge in [0.2, 0.25) is 0 Å². The zero-order valence-electron chi connectivity index (χ0n) is 19.4. The molecule has 0 saturated carbocycles. The molecule has 8 heteroatoms. The van der Waals surface area contributed by atoms with E-state index in [1.807, 2.05) is 36.5 Å². The van der Waals surface area contributed by atoms with Gasteiger partial charge < -0.3 is 14.5 Å². The molecule has 0 aromatic carbocycles. The highest BCUT2D eigenvalue weighted by Crippen LogP contribution is 2.32. The second-order valence-electron chi connectivity index (χ2n) is 9.08. The zero-order valence-corrected chi connectivity index (χ0v) is 19.4. The number of H-pyrrole nitrogens is 1. The van der Waals surface area contributed by atoms with Crippen LogP contribution in [0, 0.1) is 19.8 Å². The van der Waals surface area contributed by atoms with Gasteiger partial charge in [-0.2, -0.15) is 10.2 Å². The standard InChI is InChI=1S/C23H36N6O2/c1-16-22(17(2)27(3)26-16)19-14-20(25-24-19)23(30)29(12-13-31-4)15-18-8-7-11-28-10-6-5-9-21(18)28/h14,18,21H,5-13,15H2,1-4H3,(H,24,25). The predicted molar refractivity (Wildman–Crippen MR) is 120 cm³/mol. The zero-order chi connectivity index (χ0) is 22.0. The van der Waals surface area contributed by atoms with Crippen LogP contribution in [0.15, 0.2) is 6.07 Å². The van der Waals surface area contributed by atoms with Crippen LogP contribution in [0.2, 0.25) is 0 Å². The minimum atomic E-state index is 0.00271. The van der Waals surface area contributed by atoms with E-state index in [1.165, 1.54) is 45.2 Å². The highest BCUT2D eigenvalue weighted by atomic mass is 16.5. The van der Waals surface area contributed by atoms with Crippen LogP contribution in [0.5, 0.6) is 0 Å². The molecule has 4 heterocycles. The second kappa shape index (κ2) is 9.53. The maximum absolute atomic E-state index is 13.5. The van der Waals surface area contributed by atoms with Crippen molar-refractivity contribution in [2.75, 3.05) is 39.9 Å². The van der Waals surface area contributed by atoms with E-state index in [0.717, 1.165) is 29.2 Å². The summed E-state index contributed by atoms with van der Waals surface area (Å²) >= 11 is 0. The van der Waals surface area contributed by atoms with Gasteiger partial charge in [-0.1, -0.05) is 6.42 Å². The molecule has 1 N–H and O–H groups in total. The largest absolute Gasteiger partial charge is 0.383 e. The third kappa shape index (κ3) is 4.55. The van der Waals surface area contributed by atoms with Gasteiger partial charge in [-0.15, -0.1) is 0 Å². The fourth-order valence-electron chi connectivity index (χ4n) is 5.42. The van der Waals surface area contributed by atoms with Crippen molar-refractivity contribution in [2.24, 2.45) is 13.0 Å². The minimum Gasteiger partial charge on any atom is -0.383 e. The average molecular weight is 429 g/mol. The highest BCUT2D eigenvalue weighted by Gasteiger charge is 2.35. The molecule has 0 aliphatic carbocycles. The van der Waals surface area contributed by atoms with Crippen LogP contribution >= 0.6 is 0 Å². The summed E-state index contributed by atoms with van der Waals surface area (Å²) in [6.07, 6.45) is 6.28. The lowest BCUT2D eigenvalue weighted by Crippen LogP contribution is -2.52. The van der Waals surface area contributed by atoms with E-state index in [2.05, 4.69) is 20.2 Å². The lowest BCUT2D eigenvalue weighted by Gasteiger charge is -2.45. The van der Waals surface area contributed by atoms with Gasteiger partial charge in [0, 0.05) is 44.5 Å². The molecule has 2 atom stereocenters. The lowest BCUT2D eigenvalue weighted by molar-refractivity contribution is 0.0313. The summed E-state index contributed by atoms with van der Waals surface area (Å²) in [5.41, 5.74) is 4.26. The monoisotopic (exact) mass is 428 g/mol. The van der Waals surface area contributed by atoms with Crippen molar-refractivity contribution >= 4 is 5.91 Å². The van der Waals surface area contributed by atoms with E-state index in [0.29, 0.717) is 30.8 Å². The molecule has 2 saturated heterocycles. The Bertz CT molecular complexity index is 902. The smallest absolute Gasteiger partial charge is 0.271 e. The number of methoxy groups -OCH3 is 1. The fourth-order valence-corrected chi connectivity index (χ4v) is 5.42. The number of ether oxygens (including phenoxy) is 1. The Labute approximate surface area is 184 Å². The number of carbonyl (C=O) groups is 1. The summed E-state index contributed by atoms with van der Waals surface area (Å²) in [6, 6.07) is 2.48. The number of aryl methyl sites for hydroxylation is 2. The molecule has 2 aromatic heterocycles. The molecule has 8 nitrogen and oxygen atoms in total. The maximum atomic E-state index is 13.5. The normalized spacial score (nSPS) is 21.8. The molecule has 0 spiro atoms. The third-order valence-electron chi connectivity index (χ3n) is 7.11. The van der Waals surface area contributed by atoms with Gasteiger partial charge in [-0.25, -0.2) is 0 Å². The molecular weight excluding hydrogens is 392 g/mol. The van der Waals surface area contributed by atoms with E-state index >= 15 is 0 Å². The first-order valence-corrected chi connectivity index (χ1v) is 11.6. The number of rotatable bonds is 7. The summed E-state index contributed by atoms with van der Waals surface area (Å²) in [5.74, 6) is 0.531. The minimum absolute atomic E-state index is 0.00271. The van der Waals surface area contributed by atoms with Gasteiger partial charge in [0.15, 0.2) is 0 Å². The van der Waals surface area contributed by atoms with E-state index in [1.54, 1.807) is 7.11 Å². The van der Waals surface area contributed by atoms with Crippen LogP contribution in [0.4, 0.5) is 0 Å². The van der Waals surface area contributed by atoms with Crippen LogP contribution in [0.3, 0.4) is 0 Å². The maximum Gasteiger partial charge on any atom is 0.271 e. The van der Waals surface area contributed by atoms with Gasteiger partial charge in [0.1, 0.15) is 5.69 Å². The van der Waals surface area contributed by atoms with Crippen molar-refractivity contribution in [1.82, 2.24) is 29.8 Å². The van der Waals surface area contributed by atoms with Crippen LogP contribution < -0.4 is 0 Å². The van der Waals surface area contributed by atoms with Gasteiger partial charge in [-0.3, -0.25) is 14.6 Å². The second-order valence-corrected chi connectivity index (χ2v) is 9.08. The Morgan fingerprint density at radius 3 is 2.81 bits per heavy atom. The van der Waals surface area contributed by atoms with Crippen LogP contribution in [0.1, 0.15) is 54.0 Å². The Hall–Kier alpha value is -2.19. The lowest BCUT2D eigenvalue weighted by atomic mass is 9.83. The Balaban J connectivity index is 1.52. The van der Waals surface area contributed by atoms with Crippen molar-refractivity contribution in [3.63, 3.8) is 0 Å². The number of aromatic nitrogens is 4. The van der Waals surface area contributed by atoms with Crippen molar-refractivity contribution in [2.45, 2.75) is 52.0 Å². The van der Waals surface area contributed by atoms with E-state index in [-0.39, 0.29) is 5.91 Å². The van der Waals surface area contributed by atoms with Crippen molar-refractivity contribution in [3.05, 3.63) is 23.1 Å². The summed E-state index contributed by atoms with van der Waals surface area (Å²) in [5, 5.41) is 11.9. The number of nitrogens with one attached hydrogen (secondary N) is 1. The Morgan fingerprint density at radius 1 is 1.26 bits per heavy atom. The van der Waals surface area contributed by atoms with Gasteiger partial charge in [0.25, 0.3) is 5.91 Å². The average Bonchev–Trinajstić information content (AvgIpc) is 3.34. The van der Waals surface area contributed by atoms with E-state index in [4.69, 9.17) is 4.74 Å². The molecule has 2 fully saturated rings. The molecule has 2 aliphatic heterocycles. The molecular formula is C23H36N6O2. The number of nitrogens with zero attached hydrogens (tertiary/aromatic N) is 5. The molecule has 0 bridgehead atoms.